The van der Waals surface area contributed by atoms with Crippen LogP contribution in [0.3, 0.4) is 0 Å². The molecule has 0 amide bonds. The molecule has 5 heteroatoms. The normalized spacial score (nSPS) is 10.9. The van der Waals surface area contributed by atoms with Crippen LogP contribution in [0.25, 0.3) is 0 Å². The first-order chi connectivity index (χ1) is 7.91. The van der Waals surface area contributed by atoms with Gasteiger partial charge in [0, 0.05) is 27.4 Å². The van der Waals surface area contributed by atoms with E-state index in [9.17, 15) is 0 Å². The molecule has 0 aliphatic carbocycles. The van der Waals surface area contributed by atoms with Crippen LogP contribution >= 0.6 is 0 Å². The van der Waals surface area contributed by atoms with Gasteiger partial charge in [0.1, 0.15) is 0 Å². The summed E-state index contributed by atoms with van der Waals surface area (Å²) < 4.78 is 20.3. The second-order valence-corrected chi connectivity index (χ2v) is 3.31. The van der Waals surface area contributed by atoms with E-state index in [1.807, 2.05) is 0 Å². The van der Waals surface area contributed by atoms with Crippen molar-refractivity contribution in [3.8, 4) is 0 Å². The van der Waals surface area contributed by atoms with Crippen LogP contribution in [0.2, 0.25) is 0 Å². The number of rotatable bonds is 13. The molecule has 0 fully saturated rings. The Morgan fingerprint density at radius 2 is 1.31 bits per heavy atom. The Labute approximate surface area is 98.4 Å². The molecule has 0 spiro atoms. The molecule has 5 nitrogen and oxygen atoms in total. The predicted octanol–water partition coefficient (Wildman–Crippen LogP) is 0.292. The maximum atomic E-state index is 5.32. The fourth-order valence-electron chi connectivity index (χ4n) is 1.06. The molecule has 0 aromatic rings. The van der Waals surface area contributed by atoms with E-state index in [0.717, 1.165) is 32.7 Å². The molecule has 0 saturated carbocycles. The van der Waals surface area contributed by atoms with Gasteiger partial charge in [0.25, 0.3) is 0 Å². The molecule has 0 unspecified atom stereocenters. The first-order valence-corrected chi connectivity index (χ1v) is 5.76. The smallest absolute Gasteiger partial charge is 0.0700 e. The van der Waals surface area contributed by atoms with E-state index in [0.29, 0.717) is 26.4 Å². The lowest BCUT2D eigenvalue weighted by Gasteiger charge is -2.06. The summed E-state index contributed by atoms with van der Waals surface area (Å²) in [5, 5.41) is 3.28. The molecule has 0 rings (SSSR count). The molecular formula is C11H25NO4. The van der Waals surface area contributed by atoms with Gasteiger partial charge in [0.15, 0.2) is 0 Å². The van der Waals surface area contributed by atoms with Gasteiger partial charge in [-0.25, -0.2) is 0 Å². The molecule has 0 aliphatic heterocycles. The first kappa shape index (κ1) is 15.8. The lowest BCUT2D eigenvalue weighted by molar-refractivity contribution is 0.0663. The highest BCUT2D eigenvalue weighted by molar-refractivity contribution is 4.46. The van der Waals surface area contributed by atoms with Crippen molar-refractivity contribution in [1.82, 2.24) is 5.32 Å². The second-order valence-electron chi connectivity index (χ2n) is 3.31. The van der Waals surface area contributed by atoms with Crippen molar-refractivity contribution in [2.75, 3.05) is 67.0 Å². The fraction of sp³-hybridized carbons (Fsp3) is 1.00. The third-order valence-electron chi connectivity index (χ3n) is 1.93. The average Bonchev–Trinajstić information content (AvgIpc) is 2.31. The molecule has 0 aromatic carbocycles. The minimum absolute atomic E-state index is 0.660. The Morgan fingerprint density at radius 3 is 1.94 bits per heavy atom. The maximum Gasteiger partial charge on any atom is 0.0700 e. The summed E-state index contributed by atoms with van der Waals surface area (Å²) in [6, 6.07) is 0. The molecular weight excluding hydrogens is 210 g/mol. The van der Waals surface area contributed by atoms with Gasteiger partial charge in [-0.05, 0) is 13.0 Å². The Bertz CT molecular complexity index is 111. The van der Waals surface area contributed by atoms with E-state index in [1.165, 1.54) is 0 Å². The van der Waals surface area contributed by atoms with Crippen molar-refractivity contribution in [1.29, 1.82) is 0 Å². The number of hydrogen-bond acceptors (Lipinski definition) is 5. The largest absolute Gasteiger partial charge is 0.382 e. The zero-order chi connectivity index (χ0) is 11.9. The van der Waals surface area contributed by atoms with E-state index in [-0.39, 0.29) is 0 Å². The molecule has 0 aromatic heterocycles. The van der Waals surface area contributed by atoms with E-state index >= 15 is 0 Å². The van der Waals surface area contributed by atoms with E-state index < -0.39 is 0 Å². The Kier molecular flexibility index (Phi) is 14.6. The minimum Gasteiger partial charge on any atom is -0.382 e. The van der Waals surface area contributed by atoms with Gasteiger partial charge < -0.3 is 24.3 Å². The Hall–Kier alpha value is -0.200. The van der Waals surface area contributed by atoms with Gasteiger partial charge in [0.2, 0.25) is 0 Å². The zero-order valence-corrected chi connectivity index (χ0v) is 10.5. The molecule has 0 saturated heterocycles. The number of nitrogens with one attached hydrogen (secondary N) is 1. The molecule has 0 atom stereocenters. The third-order valence-corrected chi connectivity index (χ3v) is 1.93. The summed E-state index contributed by atoms with van der Waals surface area (Å²) in [6.07, 6.45) is 1.02. The van der Waals surface area contributed by atoms with Crippen LogP contribution in [0, 0.1) is 0 Å². The minimum atomic E-state index is 0.660. The van der Waals surface area contributed by atoms with Crippen molar-refractivity contribution in [3.05, 3.63) is 0 Å². The van der Waals surface area contributed by atoms with Crippen LogP contribution in [-0.4, -0.2) is 67.0 Å². The SMILES string of the molecule is COCCOCCCNCCOCCOC. The van der Waals surface area contributed by atoms with Gasteiger partial charge in [-0.1, -0.05) is 0 Å². The molecule has 0 heterocycles. The highest BCUT2D eigenvalue weighted by Crippen LogP contribution is 1.82. The summed E-state index contributed by atoms with van der Waals surface area (Å²) in [6.45, 7) is 6.01. The van der Waals surface area contributed by atoms with E-state index in [1.54, 1.807) is 14.2 Å². The molecule has 16 heavy (non-hydrogen) atoms. The van der Waals surface area contributed by atoms with Gasteiger partial charge in [0.05, 0.1) is 33.0 Å². The molecule has 0 aliphatic rings. The van der Waals surface area contributed by atoms with Gasteiger partial charge >= 0.3 is 0 Å². The van der Waals surface area contributed by atoms with Crippen molar-refractivity contribution < 1.29 is 18.9 Å². The fourth-order valence-corrected chi connectivity index (χ4v) is 1.06. The Morgan fingerprint density at radius 1 is 0.688 bits per heavy atom. The van der Waals surface area contributed by atoms with Crippen LogP contribution in [0.5, 0.6) is 0 Å². The van der Waals surface area contributed by atoms with Crippen molar-refractivity contribution in [3.63, 3.8) is 0 Å². The van der Waals surface area contributed by atoms with Crippen molar-refractivity contribution >= 4 is 0 Å². The van der Waals surface area contributed by atoms with Gasteiger partial charge in [-0.3, -0.25) is 0 Å². The zero-order valence-electron chi connectivity index (χ0n) is 10.5. The second kappa shape index (κ2) is 14.8. The van der Waals surface area contributed by atoms with Crippen molar-refractivity contribution in [2.45, 2.75) is 6.42 Å². The Balaban J connectivity index is 2.83. The standard InChI is InChI=1S/C11H25NO4/c1-13-8-10-15-6-3-4-12-5-7-16-11-9-14-2/h12H,3-11H2,1-2H3. The van der Waals surface area contributed by atoms with Crippen LogP contribution in [0.15, 0.2) is 0 Å². The van der Waals surface area contributed by atoms with E-state index in [4.69, 9.17) is 18.9 Å². The number of ether oxygens (including phenoxy) is 4. The summed E-state index contributed by atoms with van der Waals surface area (Å²) in [5.41, 5.74) is 0. The molecule has 0 radical (unpaired) electrons. The van der Waals surface area contributed by atoms with Crippen LogP contribution in [-0.2, 0) is 18.9 Å². The third kappa shape index (κ3) is 13.8. The average molecular weight is 235 g/mol. The van der Waals surface area contributed by atoms with E-state index in [2.05, 4.69) is 5.32 Å². The summed E-state index contributed by atoms with van der Waals surface area (Å²) >= 11 is 0. The quantitative estimate of drug-likeness (QED) is 0.465. The molecule has 1 N–H and O–H groups in total. The number of methoxy groups -OCH3 is 2. The van der Waals surface area contributed by atoms with Gasteiger partial charge in [-0.2, -0.15) is 0 Å². The van der Waals surface area contributed by atoms with Crippen molar-refractivity contribution in [2.24, 2.45) is 0 Å². The van der Waals surface area contributed by atoms with Crippen LogP contribution in [0.4, 0.5) is 0 Å². The predicted molar refractivity (Wildman–Crippen MR) is 62.9 cm³/mol. The lowest BCUT2D eigenvalue weighted by Crippen LogP contribution is -2.22. The summed E-state index contributed by atoms with van der Waals surface area (Å²) in [4.78, 5) is 0. The lowest BCUT2D eigenvalue weighted by atomic mass is 10.4. The summed E-state index contributed by atoms with van der Waals surface area (Å²) in [7, 11) is 3.35. The first-order valence-electron chi connectivity index (χ1n) is 5.76. The monoisotopic (exact) mass is 235 g/mol. The highest BCUT2D eigenvalue weighted by atomic mass is 16.5. The molecule has 0 bridgehead atoms. The van der Waals surface area contributed by atoms with Crippen LogP contribution < -0.4 is 5.32 Å². The highest BCUT2D eigenvalue weighted by Gasteiger charge is 1.90. The maximum absolute atomic E-state index is 5.32. The van der Waals surface area contributed by atoms with Crippen LogP contribution in [0.1, 0.15) is 6.42 Å². The summed E-state index contributed by atoms with van der Waals surface area (Å²) in [5.74, 6) is 0. The topological polar surface area (TPSA) is 49.0 Å². The van der Waals surface area contributed by atoms with Gasteiger partial charge in [-0.15, -0.1) is 0 Å². The number of hydrogen-bond donors (Lipinski definition) is 1. The molecule has 98 valence electrons.